The summed E-state index contributed by atoms with van der Waals surface area (Å²) in [5, 5.41) is 0. The van der Waals surface area contributed by atoms with Gasteiger partial charge in [0.05, 0.1) is 0 Å². The minimum Gasteiger partial charge on any atom is -0.344 e. The third kappa shape index (κ3) is 9.08. The van der Waals surface area contributed by atoms with E-state index >= 15 is 0 Å². The predicted molar refractivity (Wildman–Crippen MR) is 83.8 cm³/mol. The molecule has 0 aromatic carbocycles. The first-order chi connectivity index (χ1) is 9.38. The molecule has 0 spiro atoms. The molecule has 0 aromatic heterocycles. The maximum atomic E-state index is 11.9. The zero-order valence-electron chi connectivity index (χ0n) is 13.9. The Bertz CT molecular complexity index is 290. The maximum absolute atomic E-state index is 11.9. The highest BCUT2D eigenvalue weighted by Crippen LogP contribution is 2.06. The molecule has 0 saturated heterocycles. The van der Waals surface area contributed by atoms with E-state index in [0.717, 1.165) is 32.4 Å². The Morgan fingerprint density at radius 3 is 2.10 bits per heavy atom. The van der Waals surface area contributed by atoms with E-state index in [1.807, 2.05) is 18.9 Å². The molecule has 0 radical (unpaired) electrons. The molecule has 118 valence electrons. The van der Waals surface area contributed by atoms with Crippen molar-refractivity contribution in [2.45, 2.75) is 65.3 Å². The van der Waals surface area contributed by atoms with Crippen molar-refractivity contribution in [3.63, 3.8) is 0 Å². The van der Waals surface area contributed by atoms with Crippen LogP contribution in [0.15, 0.2) is 0 Å². The summed E-state index contributed by atoms with van der Waals surface area (Å²) in [6, 6.07) is 0.509. The second kappa shape index (κ2) is 10.8. The van der Waals surface area contributed by atoms with Crippen molar-refractivity contribution in [3.05, 3.63) is 0 Å². The van der Waals surface area contributed by atoms with Gasteiger partial charge in [-0.1, -0.05) is 13.3 Å². The molecule has 0 aliphatic rings. The smallest absolute Gasteiger partial charge is 0.222 e. The van der Waals surface area contributed by atoms with Crippen LogP contribution in [-0.4, -0.2) is 54.7 Å². The molecule has 0 heterocycles. The van der Waals surface area contributed by atoms with E-state index in [0.29, 0.717) is 31.1 Å². The minimum atomic E-state index is 0.212. The highest BCUT2D eigenvalue weighted by molar-refractivity contribution is 5.78. The van der Waals surface area contributed by atoms with Crippen LogP contribution in [0.25, 0.3) is 0 Å². The zero-order valence-corrected chi connectivity index (χ0v) is 13.9. The number of hydrogen-bond acceptors (Lipinski definition) is 3. The molecule has 0 atom stereocenters. The fourth-order valence-electron chi connectivity index (χ4n) is 1.83. The van der Waals surface area contributed by atoms with Crippen molar-refractivity contribution in [1.29, 1.82) is 0 Å². The van der Waals surface area contributed by atoms with Crippen molar-refractivity contribution in [2.24, 2.45) is 0 Å². The summed E-state index contributed by atoms with van der Waals surface area (Å²) >= 11 is 0. The molecule has 0 unspecified atom stereocenters. The largest absolute Gasteiger partial charge is 0.344 e. The normalized spacial score (nSPS) is 11.2. The maximum Gasteiger partial charge on any atom is 0.222 e. The molecular weight excluding hydrogens is 252 g/mol. The molecule has 4 nitrogen and oxygen atoms in total. The van der Waals surface area contributed by atoms with Crippen molar-refractivity contribution in [1.82, 2.24) is 9.80 Å². The first-order valence-corrected chi connectivity index (χ1v) is 7.84. The number of amides is 1. The van der Waals surface area contributed by atoms with Gasteiger partial charge in [0.15, 0.2) is 0 Å². The van der Waals surface area contributed by atoms with Crippen LogP contribution in [0.2, 0.25) is 0 Å². The number of Topliss-reactive ketones (excluding diaryl/α,β-unsaturated/α-hetero) is 1. The fraction of sp³-hybridized carbons (Fsp3) is 0.875. The summed E-state index contributed by atoms with van der Waals surface area (Å²) in [5.74, 6) is 0.536. The molecule has 0 aliphatic heterocycles. The highest BCUT2D eigenvalue weighted by atomic mass is 16.2. The van der Waals surface area contributed by atoms with Crippen LogP contribution < -0.4 is 0 Å². The van der Waals surface area contributed by atoms with Crippen molar-refractivity contribution < 1.29 is 9.59 Å². The third-order valence-electron chi connectivity index (χ3n) is 3.84. The van der Waals surface area contributed by atoms with E-state index in [9.17, 15) is 9.59 Å². The Labute approximate surface area is 124 Å². The fourth-order valence-corrected chi connectivity index (χ4v) is 1.83. The van der Waals surface area contributed by atoms with Crippen LogP contribution in [0.3, 0.4) is 0 Å². The summed E-state index contributed by atoms with van der Waals surface area (Å²) in [6.07, 6.45) is 4.67. The summed E-state index contributed by atoms with van der Waals surface area (Å²) in [4.78, 5) is 27.1. The van der Waals surface area contributed by atoms with E-state index in [1.54, 1.807) is 0 Å². The molecule has 20 heavy (non-hydrogen) atoms. The third-order valence-corrected chi connectivity index (χ3v) is 3.84. The van der Waals surface area contributed by atoms with Gasteiger partial charge >= 0.3 is 0 Å². The van der Waals surface area contributed by atoms with E-state index in [4.69, 9.17) is 0 Å². The Balaban J connectivity index is 3.67. The van der Waals surface area contributed by atoms with E-state index in [-0.39, 0.29) is 5.91 Å². The Morgan fingerprint density at radius 2 is 1.55 bits per heavy atom. The summed E-state index contributed by atoms with van der Waals surface area (Å²) < 4.78 is 0. The number of unbranched alkanes of at least 4 members (excludes halogenated alkanes) is 2. The number of carbonyl (C=O) groups is 2. The lowest BCUT2D eigenvalue weighted by molar-refractivity contribution is -0.130. The molecule has 4 heteroatoms. The second-order valence-electron chi connectivity index (χ2n) is 5.84. The number of rotatable bonds is 11. The average molecular weight is 284 g/mol. The van der Waals surface area contributed by atoms with Gasteiger partial charge in [0.25, 0.3) is 0 Å². The molecule has 1 amide bonds. The predicted octanol–water partition coefficient (Wildman–Crippen LogP) is 2.71. The number of carbonyl (C=O) groups excluding carboxylic acids is 2. The van der Waals surface area contributed by atoms with Crippen LogP contribution in [0.5, 0.6) is 0 Å². The van der Waals surface area contributed by atoms with E-state index in [1.165, 1.54) is 0 Å². The van der Waals surface area contributed by atoms with Gasteiger partial charge in [-0.3, -0.25) is 9.59 Å². The van der Waals surface area contributed by atoms with Gasteiger partial charge in [0, 0.05) is 45.4 Å². The standard InChI is InChI=1S/C16H32N2O2/c1-6-15(19)10-8-7-9-11-16(20)18(5)13-12-17(4)14(2)3/h14H,6-13H2,1-5H3. The zero-order chi connectivity index (χ0) is 15.5. The lowest BCUT2D eigenvalue weighted by atomic mass is 10.1. The summed E-state index contributed by atoms with van der Waals surface area (Å²) in [7, 11) is 3.95. The van der Waals surface area contributed by atoms with E-state index < -0.39 is 0 Å². The van der Waals surface area contributed by atoms with Crippen LogP contribution in [0, 0.1) is 0 Å². The molecular formula is C16H32N2O2. The summed E-state index contributed by atoms with van der Waals surface area (Å²) in [5.41, 5.74) is 0. The van der Waals surface area contributed by atoms with Crippen molar-refractivity contribution >= 4 is 11.7 Å². The first kappa shape index (κ1) is 19.1. The molecule has 0 fully saturated rings. The van der Waals surface area contributed by atoms with Crippen molar-refractivity contribution in [3.8, 4) is 0 Å². The Kier molecular flexibility index (Phi) is 10.3. The van der Waals surface area contributed by atoms with Crippen molar-refractivity contribution in [2.75, 3.05) is 27.2 Å². The van der Waals surface area contributed by atoms with Gasteiger partial charge in [-0.2, -0.15) is 0 Å². The first-order valence-electron chi connectivity index (χ1n) is 7.84. The van der Waals surface area contributed by atoms with Crippen LogP contribution >= 0.6 is 0 Å². The topological polar surface area (TPSA) is 40.6 Å². The van der Waals surface area contributed by atoms with Crippen LogP contribution in [0.1, 0.15) is 59.3 Å². The number of likely N-dealkylation sites (N-methyl/N-ethyl adjacent to an activating group) is 2. The minimum absolute atomic E-state index is 0.212. The molecule has 0 bridgehead atoms. The lowest BCUT2D eigenvalue weighted by Gasteiger charge is -2.24. The highest BCUT2D eigenvalue weighted by Gasteiger charge is 2.10. The lowest BCUT2D eigenvalue weighted by Crippen LogP contribution is -2.37. The van der Waals surface area contributed by atoms with Gasteiger partial charge in [0.2, 0.25) is 5.91 Å². The molecule has 0 aromatic rings. The van der Waals surface area contributed by atoms with Gasteiger partial charge in [0.1, 0.15) is 5.78 Å². The number of nitrogens with zero attached hydrogens (tertiary/aromatic N) is 2. The Hall–Kier alpha value is -0.900. The SMILES string of the molecule is CCC(=O)CCCCCC(=O)N(C)CCN(C)C(C)C. The van der Waals surface area contributed by atoms with Gasteiger partial charge in [-0.05, 0) is 33.7 Å². The molecule has 0 aliphatic carbocycles. The van der Waals surface area contributed by atoms with Gasteiger partial charge < -0.3 is 9.80 Å². The van der Waals surface area contributed by atoms with Gasteiger partial charge in [-0.15, -0.1) is 0 Å². The second-order valence-corrected chi connectivity index (χ2v) is 5.84. The average Bonchev–Trinajstić information content (AvgIpc) is 2.42. The van der Waals surface area contributed by atoms with Crippen LogP contribution in [-0.2, 0) is 9.59 Å². The Morgan fingerprint density at radius 1 is 0.950 bits per heavy atom. The number of ketones is 1. The molecule has 0 saturated carbocycles. The molecule has 0 N–H and O–H groups in total. The monoisotopic (exact) mass is 284 g/mol. The van der Waals surface area contributed by atoms with Gasteiger partial charge in [-0.25, -0.2) is 0 Å². The van der Waals surface area contributed by atoms with Crippen LogP contribution in [0.4, 0.5) is 0 Å². The summed E-state index contributed by atoms with van der Waals surface area (Å²) in [6.45, 7) is 7.89. The number of hydrogen-bond donors (Lipinski definition) is 0. The quantitative estimate of drug-likeness (QED) is 0.548. The molecule has 0 rings (SSSR count). The van der Waals surface area contributed by atoms with E-state index in [2.05, 4.69) is 25.8 Å².